The van der Waals surface area contributed by atoms with Gasteiger partial charge in [0, 0.05) is 63.9 Å². The lowest BCUT2D eigenvalue weighted by Crippen LogP contribution is -2.57. The summed E-state index contributed by atoms with van der Waals surface area (Å²) in [5.74, 6) is 3.26. The van der Waals surface area contributed by atoms with Crippen LogP contribution in [0.1, 0.15) is 96.1 Å². The topological polar surface area (TPSA) is 74.8 Å². The molecule has 0 bridgehead atoms. The standard InChI is InChI=1S/C38H52N2O4/c1-25-5-8-27(9-6-25)10-14-35(44)40-21-19-39(20-22-40)34(43)13-7-26(2)30-11-12-31-36-32(16-18-38(30,31)4)37(3)17-15-29(41)23-28(37)24-33(36)42/h5-6,8-10,14,26,28,30-32,36H,7,11-13,15-24H2,1-4H3/b14-10+/t26-,28+,30-,31+,32+,36+,37+,38-/m1/s1. The molecule has 4 aliphatic carbocycles. The second-order valence-corrected chi connectivity index (χ2v) is 15.5. The van der Waals surface area contributed by atoms with Gasteiger partial charge in [0.2, 0.25) is 11.8 Å². The second-order valence-electron chi connectivity index (χ2n) is 15.5. The number of hydrogen-bond donors (Lipinski definition) is 0. The number of Topliss-reactive ketones (excluding diaryl/α,β-unsaturated/α-hetero) is 2. The second kappa shape index (κ2) is 12.2. The van der Waals surface area contributed by atoms with Crippen LogP contribution in [0.3, 0.4) is 0 Å². The first-order valence-corrected chi connectivity index (χ1v) is 17.4. The first-order chi connectivity index (χ1) is 21.0. The summed E-state index contributed by atoms with van der Waals surface area (Å²) in [7, 11) is 0. The number of benzene rings is 1. The van der Waals surface area contributed by atoms with Crippen molar-refractivity contribution in [2.24, 2.45) is 46.3 Å². The molecule has 238 valence electrons. The van der Waals surface area contributed by atoms with E-state index in [1.807, 2.05) is 47.1 Å². The molecular formula is C38H52N2O4. The third kappa shape index (κ3) is 5.71. The van der Waals surface area contributed by atoms with Crippen LogP contribution in [0.15, 0.2) is 30.3 Å². The Balaban J connectivity index is 1.00. The molecule has 1 aromatic carbocycles. The highest BCUT2D eigenvalue weighted by Gasteiger charge is 2.63. The fraction of sp³-hybridized carbons (Fsp3) is 0.684. The molecule has 6 heteroatoms. The summed E-state index contributed by atoms with van der Waals surface area (Å²) >= 11 is 0. The van der Waals surface area contributed by atoms with Gasteiger partial charge in [0.25, 0.3) is 0 Å². The number of aryl methyl sites for hydroxylation is 1. The molecule has 5 fully saturated rings. The van der Waals surface area contributed by atoms with Crippen molar-refractivity contribution in [3.8, 4) is 0 Å². The molecule has 6 nitrogen and oxygen atoms in total. The van der Waals surface area contributed by atoms with Gasteiger partial charge in [0.05, 0.1) is 0 Å². The van der Waals surface area contributed by atoms with Gasteiger partial charge in [0.1, 0.15) is 11.6 Å². The molecule has 0 aromatic heterocycles. The zero-order chi connectivity index (χ0) is 31.2. The van der Waals surface area contributed by atoms with Crippen LogP contribution in [-0.4, -0.2) is 59.4 Å². The van der Waals surface area contributed by atoms with E-state index < -0.39 is 0 Å². The van der Waals surface area contributed by atoms with E-state index in [1.165, 1.54) is 12.0 Å². The van der Waals surface area contributed by atoms with E-state index >= 15 is 0 Å². The van der Waals surface area contributed by atoms with Crippen molar-refractivity contribution in [3.05, 3.63) is 41.5 Å². The summed E-state index contributed by atoms with van der Waals surface area (Å²) in [6, 6.07) is 8.11. The van der Waals surface area contributed by atoms with Crippen LogP contribution in [0.2, 0.25) is 0 Å². The Labute approximate surface area is 264 Å². The third-order valence-corrected chi connectivity index (χ3v) is 13.3. The zero-order valence-electron chi connectivity index (χ0n) is 27.4. The monoisotopic (exact) mass is 600 g/mol. The van der Waals surface area contributed by atoms with Crippen LogP contribution < -0.4 is 0 Å². The molecular weight excluding hydrogens is 548 g/mol. The number of nitrogens with zero attached hydrogens (tertiary/aromatic N) is 2. The SMILES string of the molecule is Cc1ccc(/C=C/C(=O)N2CCN(C(=O)CC[C@@H](C)[C@H]3CC[C@H]4[C@@H]5C(=O)C[C@@H]6CC(=O)CC[C@]6(C)[C@H]5CC[C@]34C)CC2)cc1. The average molecular weight is 601 g/mol. The molecule has 5 aliphatic rings. The number of carbonyl (C=O) groups is 4. The van der Waals surface area contributed by atoms with Crippen molar-refractivity contribution in [2.75, 3.05) is 26.2 Å². The fourth-order valence-corrected chi connectivity index (χ4v) is 10.5. The Kier molecular flexibility index (Phi) is 8.67. The molecule has 4 saturated carbocycles. The molecule has 0 unspecified atom stereocenters. The van der Waals surface area contributed by atoms with Gasteiger partial charge >= 0.3 is 0 Å². The lowest BCUT2D eigenvalue weighted by molar-refractivity contribution is -0.159. The minimum atomic E-state index is 0.00276. The Morgan fingerprint density at radius 1 is 0.909 bits per heavy atom. The first-order valence-electron chi connectivity index (χ1n) is 17.4. The van der Waals surface area contributed by atoms with Gasteiger partial charge in [0.15, 0.2) is 0 Å². The maximum Gasteiger partial charge on any atom is 0.246 e. The van der Waals surface area contributed by atoms with E-state index in [1.54, 1.807) is 6.08 Å². The lowest BCUT2D eigenvalue weighted by Gasteiger charge is -2.59. The van der Waals surface area contributed by atoms with E-state index in [4.69, 9.17) is 0 Å². The van der Waals surface area contributed by atoms with Gasteiger partial charge in [-0.3, -0.25) is 19.2 Å². The number of ketones is 2. The molecule has 0 N–H and O–H groups in total. The molecule has 6 rings (SSSR count). The summed E-state index contributed by atoms with van der Waals surface area (Å²) in [5.41, 5.74) is 2.50. The Hall–Kier alpha value is -2.76. The highest BCUT2D eigenvalue weighted by atomic mass is 16.2. The number of amides is 2. The Bertz CT molecular complexity index is 1310. The van der Waals surface area contributed by atoms with Crippen molar-refractivity contribution in [1.29, 1.82) is 0 Å². The van der Waals surface area contributed by atoms with E-state index in [-0.39, 0.29) is 34.5 Å². The molecule has 8 atom stereocenters. The van der Waals surface area contributed by atoms with E-state index in [2.05, 4.69) is 20.8 Å². The normalized spacial score (nSPS) is 36.1. The highest BCUT2D eigenvalue weighted by molar-refractivity contribution is 5.92. The van der Waals surface area contributed by atoms with Gasteiger partial charge in [-0.15, -0.1) is 0 Å². The largest absolute Gasteiger partial charge is 0.339 e. The van der Waals surface area contributed by atoms with Crippen LogP contribution in [-0.2, 0) is 19.2 Å². The molecule has 44 heavy (non-hydrogen) atoms. The summed E-state index contributed by atoms with van der Waals surface area (Å²) in [6.07, 6.45) is 12.4. The molecule has 1 aliphatic heterocycles. The number of carbonyl (C=O) groups excluding carboxylic acids is 4. The Morgan fingerprint density at radius 2 is 1.59 bits per heavy atom. The summed E-state index contributed by atoms with van der Waals surface area (Å²) in [4.78, 5) is 55.7. The molecule has 1 aromatic rings. The number of hydrogen-bond acceptors (Lipinski definition) is 4. The van der Waals surface area contributed by atoms with Gasteiger partial charge < -0.3 is 9.80 Å². The van der Waals surface area contributed by atoms with Crippen LogP contribution in [0.25, 0.3) is 6.08 Å². The van der Waals surface area contributed by atoms with Crippen LogP contribution in [0.4, 0.5) is 0 Å². The van der Waals surface area contributed by atoms with Gasteiger partial charge in [-0.1, -0.05) is 50.6 Å². The first kappa shape index (κ1) is 31.2. The van der Waals surface area contributed by atoms with E-state index in [0.29, 0.717) is 87.1 Å². The summed E-state index contributed by atoms with van der Waals surface area (Å²) < 4.78 is 0. The number of rotatable bonds is 6. The maximum atomic E-state index is 13.7. The van der Waals surface area contributed by atoms with Gasteiger partial charge in [-0.25, -0.2) is 0 Å². The van der Waals surface area contributed by atoms with Gasteiger partial charge in [-0.05, 0) is 97.5 Å². The lowest BCUT2D eigenvalue weighted by atomic mass is 9.44. The average Bonchev–Trinajstić information content (AvgIpc) is 3.37. The summed E-state index contributed by atoms with van der Waals surface area (Å²) in [5, 5.41) is 0. The van der Waals surface area contributed by atoms with Crippen molar-refractivity contribution in [3.63, 3.8) is 0 Å². The highest BCUT2D eigenvalue weighted by Crippen LogP contribution is 2.67. The van der Waals surface area contributed by atoms with Crippen LogP contribution >= 0.6 is 0 Å². The minimum absolute atomic E-state index is 0.00276. The molecule has 0 radical (unpaired) electrons. The predicted molar refractivity (Wildman–Crippen MR) is 172 cm³/mol. The third-order valence-electron chi connectivity index (χ3n) is 13.3. The summed E-state index contributed by atoms with van der Waals surface area (Å²) in [6.45, 7) is 11.6. The van der Waals surface area contributed by atoms with Crippen molar-refractivity contribution in [2.45, 2.75) is 91.9 Å². The van der Waals surface area contributed by atoms with Crippen LogP contribution in [0, 0.1) is 53.3 Å². The van der Waals surface area contributed by atoms with Crippen molar-refractivity contribution in [1.82, 2.24) is 9.80 Å². The fourth-order valence-electron chi connectivity index (χ4n) is 10.5. The predicted octanol–water partition coefficient (Wildman–Crippen LogP) is 6.50. The van der Waals surface area contributed by atoms with E-state index in [0.717, 1.165) is 37.7 Å². The zero-order valence-corrected chi connectivity index (χ0v) is 27.4. The smallest absolute Gasteiger partial charge is 0.246 e. The maximum absolute atomic E-state index is 13.7. The van der Waals surface area contributed by atoms with E-state index in [9.17, 15) is 19.2 Å². The van der Waals surface area contributed by atoms with Crippen LogP contribution in [0.5, 0.6) is 0 Å². The molecule has 2 amide bonds. The Morgan fingerprint density at radius 3 is 2.32 bits per heavy atom. The minimum Gasteiger partial charge on any atom is -0.339 e. The molecule has 1 saturated heterocycles. The molecule has 0 spiro atoms. The van der Waals surface area contributed by atoms with Gasteiger partial charge in [-0.2, -0.15) is 0 Å². The van der Waals surface area contributed by atoms with Crippen molar-refractivity contribution < 1.29 is 19.2 Å². The van der Waals surface area contributed by atoms with Crippen molar-refractivity contribution >= 4 is 29.5 Å². The number of piperazine rings is 1. The quantitative estimate of drug-likeness (QED) is 0.349. The number of fused-ring (bicyclic) bond motifs is 5. The molecule has 1 heterocycles.